The number of anilines is 1. The summed E-state index contributed by atoms with van der Waals surface area (Å²) in [4.78, 5) is 38.1. The number of rotatable bonds is 5. The van der Waals surface area contributed by atoms with Crippen LogP contribution in [0.25, 0.3) is 0 Å². The van der Waals surface area contributed by atoms with Crippen molar-refractivity contribution >= 4 is 34.1 Å². The number of hydrogen-bond acceptors (Lipinski definition) is 4. The molecule has 3 rings (SSSR count). The minimum atomic E-state index is -0.961. The van der Waals surface area contributed by atoms with E-state index < -0.39 is 17.8 Å². The highest BCUT2D eigenvalue weighted by atomic mass is 32.1. The molecular weight excluding hydrogens is 364 g/mol. The summed E-state index contributed by atoms with van der Waals surface area (Å²) < 4.78 is 0. The van der Waals surface area contributed by atoms with Crippen LogP contribution in [0.1, 0.15) is 59.3 Å². The fraction of sp³-hybridized carbons (Fsp3) is 0.550. The van der Waals surface area contributed by atoms with Gasteiger partial charge < -0.3 is 15.7 Å². The zero-order chi connectivity index (χ0) is 19.6. The van der Waals surface area contributed by atoms with E-state index in [-0.39, 0.29) is 17.9 Å². The summed E-state index contributed by atoms with van der Waals surface area (Å²) in [6, 6.07) is 0.195. The number of hydrogen-bond donors (Lipinski definition) is 3. The molecule has 7 heteroatoms. The monoisotopic (exact) mass is 390 g/mol. The van der Waals surface area contributed by atoms with Gasteiger partial charge in [-0.15, -0.1) is 11.3 Å². The van der Waals surface area contributed by atoms with E-state index >= 15 is 0 Å². The van der Waals surface area contributed by atoms with Gasteiger partial charge in [-0.25, -0.2) is 0 Å². The highest BCUT2D eigenvalue weighted by Crippen LogP contribution is 2.35. The van der Waals surface area contributed by atoms with Crippen molar-refractivity contribution in [2.75, 3.05) is 5.32 Å². The summed E-state index contributed by atoms with van der Waals surface area (Å²) >= 11 is 1.37. The molecular formula is C20H26N2O4S. The standard InChI is InChI=1S/C20H26N2O4S/c1-11-12(2)27-19(16(11)18(24)21-13-7-3-4-8-13)22-17(23)14-9-5-6-10-15(14)20(25)26/h5-6,13-15H,3-4,7-10H2,1-2H3,(H,21,24)(H,22,23)(H,25,26). The Morgan fingerprint density at radius 3 is 2.33 bits per heavy atom. The van der Waals surface area contributed by atoms with Crippen molar-refractivity contribution in [3.8, 4) is 0 Å². The van der Waals surface area contributed by atoms with Crippen LogP contribution in [-0.4, -0.2) is 28.9 Å². The molecule has 2 aliphatic carbocycles. The second-order valence-electron chi connectivity index (χ2n) is 7.43. The zero-order valence-electron chi connectivity index (χ0n) is 15.7. The lowest BCUT2D eigenvalue weighted by atomic mass is 9.82. The maximum absolute atomic E-state index is 12.8. The lowest BCUT2D eigenvalue weighted by Crippen LogP contribution is -2.36. The number of amides is 2. The van der Waals surface area contributed by atoms with Crippen LogP contribution in [0.5, 0.6) is 0 Å². The van der Waals surface area contributed by atoms with Crippen LogP contribution in [0, 0.1) is 25.7 Å². The largest absolute Gasteiger partial charge is 0.481 e. The maximum Gasteiger partial charge on any atom is 0.307 e. The first kappa shape index (κ1) is 19.6. The second kappa shape index (κ2) is 8.25. The third kappa shape index (κ3) is 4.24. The second-order valence-corrected chi connectivity index (χ2v) is 8.65. The minimum Gasteiger partial charge on any atom is -0.481 e. The third-order valence-electron chi connectivity index (χ3n) is 5.63. The van der Waals surface area contributed by atoms with Crippen molar-refractivity contribution in [1.82, 2.24) is 5.32 Å². The Morgan fingerprint density at radius 1 is 1.07 bits per heavy atom. The van der Waals surface area contributed by atoms with Crippen LogP contribution in [0.3, 0.4) is 0 Å². The number of aliphatic carboxylic acids is 1. The molecule has 146 valence electrons. The van der Waals surface area contributed by atoms with Crippen LogP contribution in [0.2, 0.25) is 0 Å². The van der Waals surface area contributed by atoms with E-state index in [1.807, 2.05) is 26.0 Å². The van der Waals surface area contributed by atoms with E-state index in [1.54, 1.807) is 0 Å². The van der Waals surface area contributed by atoms with E-state index in [0.29, 0.717) is 23.4 Å². The van der Waals surface area contributed by atoms with Crippen LogP contribution < -0.4 is 10.6 Å². The molecule has 1 heterocycles. The fourth-order valence-corrected chi connectivity index (χ4v) is 4.96. The molecule has 2 aliphatic rings. The number of aryl methyl sites for hydroxylation is 1. The van der Waals surface area contributed by atoms with Crippen molar-refractivity contribution in [3.63, 3.8) is 0 Å². The van der Waals surface area contributed by atoms with Crippen LogP contribution >= 0.6 is 11.3 Å². The first-order chi connectivity index (χ1) is 12.9. The summed E-state index contributed by atoms with van der Waals surface area (Å²) in [6.45, 7) is 3.81. The molecule has 1 fully saturated rings. The predicted octanol–water partition coefficient (Wildman–Crippen LogP) is 3.64. The van der Waals surface area contributed by atoms with E-state index in [1.165, 1.54) is 11.3 Å². The fourth-order valence-electron chi connectivity index (χ4n) is 3.90. The molecule has 6 nitrogen and oxygen atoms in total. The predicted molar refractivity (Wildman–Crippen MR) is 105 cm³/mol. The normalized spacial score (nSPS) is 22.6. The van der Waals surface area contributed by atoms with Crippen LogP contribution in [0.15, 0.2) is 12.2 Å². The van der Waals surface area contributed by atoms with E-state index in [9.17, 15) is 19.5 Å². The average molecular weight is 391 g/mol. The van der Waals surface area contributed by atoms with E-state index in [0.717, 1.165) is 36.1 Å². The molecule has 2 atom stereocenters. The van der Waals surface area contributed by atoms with Crippen molar-refractivity contribution in [2.45, 2.75) is 58.4 Å². The molecule has 0 aromatic carbocycles. The molecule has 1 aromatic rings. The number of nitrogens with one attached hydrogen (secondary N) is 2. The number of carboxylic acid groups (broad SMARTS) is 1. The molecule has 3 N–H and O–H groups in total. The van der Waals surface area contributed by atoms with Crippen molar-refractivity contribution in [1.29, 1.82) is 0 Å². The number of carbonyl (C=O) groups is 3. The Morgan fingerprint density at radius 2 is 1.70 bits per heavy atom. The first-order valence-electron chi connectivity index (χ1n) is 9.48. The SMILES string of the molecule is Cc1sc(NC(=O)C2CC=CCC2C(=O)O)c(C(=O)NC2CCCC2)c1C. The van der Waals surface area contributed by atoms with Crippen LogP contribution in [-0.2, 0) is 9.59 Å². The highest BCUT2D eigenvalue weighted by Gasteiger charge is 2.35. The smallest absolute Gasteiger partial charge is 0.307 e. The van der Waals surface area contributed by atoms with Crippen molar-refractivity contribution in [2.24, 2.45) is 11.8 Å². The lowest BCUT2D eigenvalue weighted by Gasteiger charge is -2.24. The number of carboxylic acids is 1. The molecule has 2 amide bonds. The van der Waals surface area contributed by atoms with Gasteiger partial charge in [-0.2, -0.15) is 0 Å². The van der Waals surface area contributed by atoms with E-state index in [4.69, 9.17) is 0 Å². The van der Waals surface area contributed by atoms with Crippen LogP contribution in [0.4, 0.5) is 5.00 Å². The summed E-state index contributed by atoms with van der Waals surface area (Å²) in [6.07, 6.45) is 8.64. The molecule has 0 radical (unpaired) electrons. The zero-order valence-corrected chi connectivity index (χ0v) is 16.5. The summed E-state index contributed by atoms with van der Waals surface area (Å²) in [5.41, 5.74) is 1.38. The Bertz CT molecular complexity index is 777. The molecule has 27 heavy (non-hydrogen) atoms. The minimum absolute atomic E-state index is 0.155. The molecule has 2 unspecified atom stereocenters. The quantitative estimate of drug-likeness (QED) is 0.669. The van der Waals surface area contributed by atoms with Gasteiger partial charge in [-0.05, 0) is 45.1 Å². The van der Waals surface area contributed by atoms with Crippen molar-refractivity contribution < 1.29 is 19.5 Å². The maximum atomic E-state index is 12.8. The van der Waals surface area contributed by atoms with Gasteiger partial charge in [-0.3, -0.25) is 14.4 Å². The van der Waals surface area contributed by atoms with Gasteiger partial charge in [0.2, 0.25) is 5.91 Å². The highest BCUT2D eigenvalue weighted by molar-refractivity contribution is 7.16. The summed E-state index contributed by atoms with van der Waals surface area (Å²) in [7, 11) is 0. The molecule has 1 aromatic heterocycles. The Balaban J connectivity index is 1.79. The topological polar surface area (TPSA) is 95.5 Å². The lowest BCUT2D eigenvalue weighted by molar-refractivity contribution is -0.146. The van der Waals surface area contributed by atoms with Gasteiger partial charge in [-0.1, -0.05) is 25.0 Å². The number of carbonyl (C=O) groups excluding carboxylic acids is 2. The molecule has 0 spiro atoms. The Labute approximate surface area is 163 Å². The number of thiophene rings is 1. The Kier molecular flexibility index (Phi) is 5.99. The van der Waals surface area contributed by atoms with Gasteiger partial charge in [0, 0.05) is 10.9 Å². The molecule has 0 aliphatic heterocycles. The van der Waals surface area contributed by atoms with E-state index in [2.05, 4.69) is 10.6 Å². The average Bonchev–Trinajstić information content (AvgIpc) is 3.23. The third-order valence-corrected chi connectivity index (χ3v) is 6.75. The molecule has 0 saturated heterocycles. The summed E-state index contributed by atoms with van der Waals surface area (Å²) in [5.74, 6) is -2.80. The van der Waals surface area contributed by atoms with Gasteiger partial charge in [0.05, 0.1) is 17.4 Å². The molecule has 1 saturated carbocycles. The summed E-state index contributed by atoms with van der Waals surface area (Å²) in [5, 5.41) is 15.9. The number of allylic oxidation sites excluding steroid dienone is 2. The van der Waals surface area contributed by atoms with Gasteiger partial charge in [0.25, 0.3) is 5.91 Å². The Hall–Kier alpha value is -2.15. The molecule has 0 bridgehead atoms. The van der Waals surface area contributed by atoms with Gasteiger partial charge in [0.15, 0.2) is 0 Å². The van der Waals surface area contributed by atoms with Gasteiger partial charge >= 0.3 is 5.97 Å². The van der Waals surface area contributed by atoms with Crippen molar-refractivity contribution in [3.05, 3.63) is 28.2 Å². The first-order valence-corrected chi connectivity index (χ1v) is 10.3. The van der Waals surface area contributed by atoms with Gasteiger partial charge in [0.1, 0.15) is 5.00 Å².